The molecule has 0 aliphatic heterocycles. The number of halogens is 1. The summed E-state index contributed by atoms with van der Waals surface area (Å²) in [5, 5.41) is 0.896. The quantitative estimate of drug-likeness (QED) is 0.0885. The first-order valence-electron chi connectivity index (χ1n) is 14.5. The molecule has 0 saturated carbocycles. The second kappa shape index (κ2) is 14.6. The zero-order valence-electron chi connectivity index (χ0n) is 24.1. The highest BCUT2D eigenvalue weighted by Crippen LogP contribution is 2.51. The zero-order valence-corrected chi connectivity index (χ0v) is 25.7. The minimum atomic E-state index is -0.925. The van der Waals surface area contributed by atoms with Crippen LogP contribution in [0.2, 0.25) is 0 Å². The van der Waals surface area contributed by atoms with E-state index in [-0.39, 0.29) is 0 Å². The van der Waals surface area contributed by atoms with Crippen molar-refractivity contribution in [3.05, 3.63) is 228 Å². The van der Waals surface area contributed by atoms with Crippen molar-refractivity contribution in [1.82, 2.24) is 0 Å². The molecule has 0 atom stereocenters. The number of hydrogen-bond acceptors (Lipinski definition) is 1. The van der Waals surface area contributed by atoms with E-state index in [2.05, 4.69) is 204 Å². The van der Waals surface area contributed by atoms with E-state index in [1.165, 1.54) is 0 Å². The van der Waals surface area contributed by atoms with Gasteiger partial charge in [0.15, 0.2) is 0 Å². The van der Waals surface area contributed by atoms with Crippen molar-refractivity contribution in [3.63, 3.8) is 0 Å². The fourth-order valence-corrected chi connectivity index (χ4v) is 5.62. The van der Waals surface area contributed by atoms with Gasteiger partial charge in [0.25, 0.3) is 0 Å². The van der Waals surface area contributed by atoms with Crippen molar-refractivity contribution in [2.24, 2.45) is 0 Å². The Morgan fingerprint density at radius 2 is 0.558 bits per heavy atom. The molecule has 0 amide bonds. The summed E-state index contributed by atoms with van der Waals surface area (Å²) >= 11 is 3.13. The minimum absolute atomic E-state index is 0.896. The highest BCUT2D eigenvalue weighted by Gasteiger charge is 2.48. The zero-order chi connectivity index (χ0) is 29.8. The van der Waals surface area contributed by atoms with E-state index in [1.54, 1.807) is 6.08 Å². The van der Waals surface area contributed by atoms with E-state index in [0.29, 0.717) is 0 Å². The number of benzene rings is 6. The first-order valence-corrected chi connectivity index (χ1v) is 15.6. The van der Waals surface area contributed by atoms with Crippen molar-refractivity contribution in [3.8, 4) is 0 Å². The average Bonchev–Trinajstić information content (AvgIpc) is 3.11. The van der Waals surface area contributed by atoms with Gasteiger partial charge in [-0.15, -0.1) is 6.58 Å². The average molecular weight is 624 g/mol. The monoisotopic (exact) mass is 622 g/mol. The number of rotatable bonds is 9. The van der Waals surface area contributed by atoms with Gasteiger partial charge in [-0.1, -0.05) is 204 Å². The number of hydrogen-bond donors (Lipinski definition) is 0. The Balaban J connectivity index is 0.000000868. The summed E-state index contributed by atoms with van der Waals surface area (Å²) in [5.41, 5.74) is 4.54. The van der Waals surface area contributed by atoms with Crippen LogP contribution in [0.4, 0.5) is 0 Å². The van der Waals surface area contributed by atoms with Crippen LogP contribution in [0.3, 0.4) is 0 Å². The Morgan fingerprint density at radius 3 is 0.698 bits per heavy atom. The first kappa shape index (κ1) is 30.0. The van der Waals surface area contributed by atoms with E-state index in [9.17, 15) is 0 Å². The molecule has 212 valence electrons. The summed E-state index contributed by atoms with van der Waals surface area (Å²) in [7, 11) is 0. The molecule has 43 heavy (non-hydrogen) atoms. The minimum Gasteiger partial charge on any atom is -0.340 e. The fraction of sp³-hybridized carbons (Fsp3) is 0.0732. The number of alkyl halides is 1. The molecule has 6 rings (SSSR count). The van der Waals surface area contributed by atoms with E-state index >= 15 is 0 Å². The van der Waals surface area contributed by atoms with E-state index in [1.807, 2.05) is 0 Å². The molecule has 0 spiro atoms. The Hall–Kier alpha value is -4.50. The molecule has 1 nitrogen and oxygen atoms in total. The molecule has 6 aromatic carbocycles. The molecule has 0 saturated heterocycles. The topological polar surface area (TPSA) is 9.23 Å². The second-order valence-corrected chi connectivity index (χ2v) is 10.8. The Labute approximate surface area is 264 Å². The molecule has 0 bridgehead atoms. The maximum atomic E-state index is 7.94. The van der Waals surface area contributed by atoms with Crippen LogP contribution in [-0.2, 0) is 15.9 Å². The summed E-state index contributed by atoms with van der Waals surface area (Å²) in [6, 6.07) is 63.5. The van der Waals surface area contributed by atoms with Crippen LogP contribution in [0.25, 0.3) is 0 Å². The van der Waals surface area contributed by atoms with Gasteiger partial charge in [-0.05, 0) is 33.4 Å². The van der Waals surface area contributed by atoms with Crippen LogP contribution in [0, 0.1) is 0 Å². The molecule has 6 aromatic rings. The lowest BCUT2D eigenvalue weighted by molar-refractivity contribution is -0.0810. The highest BCUT2D eigenvalue weighted by atomic mass is 79.9. The van der Waals surface area contributed by atoms with Gasteiger partial charge in [0.05, 0.1) is 0 Å². The molecule has 0 aromatic heterocycles. The Bertz CT molecular complexity index is 1340. The lowest BCUT2D eigenvalue weighted by Crippen LogP contribution is -2.44. The summed E-state index contributed by atoms with van der Waals surface area (Å²) in [4.78, 5) is 0. The normalized spacial score (nSPS) is 11.2. The van der Waals surface area contributed by atoms with Gasteiger partial charge >= 0.3 is 0 Å². The van der Waals surface area contributed by atoms with Gasteiger partial charge in [0, 0.05) is 5.33 Å². The van der Waals surface area contributed by atoms with Crippen molar-refractivity contribution in [2.75, 3.05) is 5.33 Å². The van der Waals surface area contributed by atoms with Gasteiger partial charge in [-0.2, -0.15) is 0 Å². The predicted molar refractivity (Wildman–Crippen MR) is 183 cm³/mol. The van der Waals surface area contributed by atoms with Crippen LogP contribution < -0.4 is 0 Å². The van der Waals surface area contributed by atoms with Gasteiger partial charge in [0.1, 0.15) is 11.2 Å². The van der Waals surface area contributed by atoms with Crippen LogP contribution in [0.5, 0.6) is 0 Å². The Kier molecular flexibility index (Phi) is 10.2. The van der Waals surface area contributed by atoms with Crippen molar-refractivity contribution in [2.45, 2.75) is 11.2 Å². The Morgan fingerprint density at radius 1 is 0.395 bits per heavy atom. The predicted octanol–water partition coefficient (Wildman–Crippen LogP) is 10.6. The molecule has 0 heterocycles. The lowest BCUT2D eigenvalue weighted by atomic mass is 9.75. The lowest BCUT2D eigenvalue weighted by Gasteiger charge is -2.46. The molecule has 0 unspecified atom stereocenters. The second-order valence-electron chi connectivity index (χ2n) is 10.1. The van der Waals surface area contributed by atoms with Gasteiger partial charge in [0.2, 0.25) is 0 Å². The molecular formula is C41H35BrO. The standard InChI is InChI=1S/C38H30O.C3H5Br/c1-7-19-31(20-8-1)37(32-21-9-2-10-22-32,33-23-11-3-12-24-33)39-38(34-25-13-4-14-26-34,35-27-15-5-16-28-35)36-29-17-6-18-30-36;1-2-3-4/h1-30H;2H,1,3H2. The first-order chi connectivity index (χ1) is 21.3. The summed E-state index contributed by atoms with van der Waals surface area (Å²) in [6.45, 7) is 3.43. The van der Waals surface area contributed by atoms with E-state index < -0.39 is 11.2 Å². The van der Waals surface area contributed by atoms with Crippen LogP contribution >= 0.6 is 15.9 Å². The smallest absolute Gasteiger partial charge is 0.145 e. The van der Waals surface area contributed by atoms with Gasteiger partial charge < -0.3 is 4.74 Å². The summed E-state index contributed by atoms with van der Waals surface area (Å²) in [5.74, 6) is 0. The fourth-order valence-electron chi connectivity index (χ4n) is 5.62. The summed E-state index contributed by atoms with van der Waals surface area (Å²) in [6.07, 6.45) is 1.79. The van der Waals surface area contributed by atoms with E-state index in [0.717, 1.165) is 38.7 Å². The third kappa shape index (κ3) is 6.32. The summed E-state index contributed by atoms with van der Waals surface area (Å²) < 4.78 is 7.94. The van der Waals surface area contributed by atoms with Gasteiger partial charge in [-0.3, -0.25) is 0 Å². The third-order valence-electron chi connectivity index (χ3n) is 7.50. The molecule has 0 aliphatic rings. The molecule has 2 heteroatoms. The van der Waals surface area contributed by atoms with Crippen molar-refractivity contribution < 1.29 is 4.74 Å². The SMILES string of the molecule is C=CCBr.c1ccc(C(OC(c2ccccc2)(c2ccccc2)c2ccccc2)(c2ccccc2)c2ccccc2)cc1. The number of allylic oxidation sites excluding steroid dienone is 1. The van der Waals surface area contributed by atoms with E-state index in [4.69, 9.17) is 4.74 Å². The molecule has 0 radical (unpaired) electrons. The number of ether oxygens (including phenoxy) is 1. The van der Waals surface area contributed by atoms with Crippen molar-refractivity contribution >= 4 is 15.9 Å². The van der Waals surface area contributed by atoms with Gasteiger partial charge in [-0.25, -0.2) is 0 Å². The third-order valence-corrected chi connectivity index (χ3v) is 7.96. The highest BCUT2D eigenvalue weighted by molar-refractivity contribution is 9.09. The molecule has 0 aliphatic carbocycles. The molecule has 0 N–H and O–H groups in total. The largest absolute Gasteiger partial charge is 0.340 e. The maximum Gasteiger partial charge on any atom is 0.145 e. The molecule has 0 fully saturated rings. The molecular weight excluding hydrogens is 588 g/mol. The van der Waals surface area contributed by atoms with Crippen LogP contribution in [-0.4, -0.2) is 5.33 Å². The van der Waals surface area contributed by atoms with Crippen LogP contribution in [0.1, 0.15) is 33.4 Å². The van der Waals surface area contributed by atoms with Crippen LogP contribution in [0.15, 0.2) is 195 Å². The van der Waals surface area contributed by atoms with Crippen molar-refractivity contribution in [1.29, 1.82) is 0 Å². The maximum absolute atomic E-state index is 7.94.